The lowest BCUT2D eigenvalue weighted by molar-refractivity contribution is -0.138. The number of hydrogen-bond acceptors (Lipinski definition) is 3. The summed E-state index contributed by atoms with van der Waals surface area (Å²) in [5.41, 5.74) is 0. The van der Waals surface area contributed by atoms with E-state index >= 15 is 0 Å². The molecule has 4 nitrogen and oxygen atoms in total. The second kappa shape index (κ2) is 6.74. The Hall–Kier alpha value is -1.56. The fraction of sp³-hybridized carbons (Fsp3) is 0.429. The van der Waals surface area contributed by atoms with Gasteiger partial charge in [-0.2, -0.15) is 0 Å². The average molecular weight is 297 g/mol. The van der Waals surface area contributed by atoms with Crippen LogP contribution in [0, 0.1) is 5.82 Å². The number of benzene rings is 1. The molecule has 1 aliphatic carbocycles. The van der Waals surface area contributed by atoms with Crippen LogP contribution in [0.2, 0.25) is 0 Å². The summed E-state index contributed by atoms with van der Waals surface area (Å²) in [7, 11) is 0. The highest BCUT2D eigenvalue weighted by Gasteiger charge is 2.32. The van der Waals surface area contributed by atoms with Crippen molar-refractivity contribution < 1.29 is 19.1 Å². The highest BCUT2D eigenvalue weighted by atomic mass is 32.2. The summed E-state index contributed by atoms with van der Waals surface area (Å²) in [5.74, 6) is -0.999. The number of hydrogen-bond donors (Lipinski definition) is 1. The minimum Gasteiger partial charge on any atom is -0.481 e. The van der Waals surface area contributed by atoms with Crippen LogP contribution in [0.25, 0.3) is 0 Å². The van der Waals surface area contributed by atoms with Crippen LogP contribution < -0.4 is 0 Å². The topological polar surface area (TPSA) is 57.6 Å². The van der Waals surface area contributed by atoms with Crippen molar-refractivity contribution in [1.82, 2.24) is 4.90 Å². The molecule has 0 radical (unpaired) electrons. The molecule has 0 unspecified atom stereocenters. The number of nitrogens with zero attached hydrogens (tertiary/aromatic N) is 1. The number of halogens is 1. The second-order valence-electron chi connectivity index (χ2n) is 4.70. The van der Waals surface area contributed by atoms with Crippen molar-refractivity contribution in [1.29, 1.82) is 0 Å². The van der Waals surface area contributed by atoms with E-state index in [1.165, 1.54) is 23.9 Å². The van der Waals surface area contributed by atoms with Crippen molar-refractivity contribution >= 4 is 23.6 Å². The van der Waals surface area contributed by atoms with Gasteiger partial charge in [0, 0.05) is 17.5 Å². The van der Waals surface area contributed by atoms with Gasteiger partial charge in [-0.1, -0.05) is 0 Å². The summed E-state index contributed by atoms with van der Waals surface area (Å²) in [6.45, 7) is 0.267. The number of aliphatic carboxylic acids is 1. The van der Waals surface area contributed by atoms with Crippen molar-refractivity contribution in [2.75, 3.05) is 12.3 Å². The van der Waals surface area contributed by atoms with E-state index in [1.807, 2.05) is 0 Å². The van der Waals surface area contributed by atoms with E-state index in [1.54, 1.807) is 17.0 Å². The first-order chi connectivity index (χ1) is 9.56. The van der Waals surface area contributed by atoms with Crippen molar-refractivity contribution in [2.45, 2.75) is 30.2 Å². The van der Waals surface area contributed by atoms with E-state index < -0.39 is 5.97 Å². The SMILES string of the molecule is O=C(O)CCN(C(=O)CSc1ccc(F)cc1)C1CC1. The third kappa shape index (κ3) is 4.52. The summed E-state index contributed by atoms with van der Waals surface area (Å²) in [4.78, 5) is 25.2. The highest BCUT2D eigenvalue weighted by molar-refractivity contribution is 8.00. The first-order valence-electron chi connectivity index (χ1n) is 6.46. The molecule has 1 N–H and O–H groups in total. The Morgan fingerprint density at radius 3 is 2.50 bits per heavy atom. The van der Waals surface area contributed by atoms with Gasteiger partial charge in [0.25, 0.3) is 0 Å². The van der Waals surface area contributed by atoms with Crippen LogP contribution in [0.15, 0.2) is 29.2 Å². The summed E-state index contributed by atoms with van der Waals surface area (Å²) < 4.78 is 12.8. The van der Waals surface area contributed by atoms with Crippen LogP contribution in [0.3, 0.4) is 0 Å². The predicted molar refractivity (Wildman–Crippen MR) is 74.1 cm³/mol. The van der Waals surface area contributed by atoms with Crippen molar-refractivity contribution in [3.63, 3.8) is 0 Å². The fourth-order valence-electron chi connectivity index (χ4n) is 1.87. The van der Waals surface area contributed by atoms with Crippen molar-refractivity contribution in [3.05, 3.63) is 30.1 Å². The lowest BCUT2D eigenvalue weighted by atomic mass is 10.3. The predicted octanol–water partition coefficient (Wildman–Crippen LogP) is 2.38. The molecule has 0 heterocycles. The Bertz CT molecular complexity index is 488. The third-order valence-electron chi connectivity index (χ3n) is 3.05. The van der Waals surface area contributed by atoms with Crippen LogP contribution in [-0.4, -0.2) is 40.2 Å². The van der Waals surface area contributed by atoms with Gasteiger partial charge in [-0.15, -0.1) is 11.8 Å². The lowest BCUT2D eigenvalue weighted by Gasteiger charge is -2.21. The van der Waals surface area contributed by atoms with Crippen molar-refractivity contribution in [2.24, 2.45) is 0 Å². The van der Waals surface area contributed by atoms with Gasteiger partial charge in [0.2, 0.25) is 5.91 Å². The number of carbonyl (C=O) groups is 2. The van der Waals surface area contributed by atoms with Gasteiger partial charge in [0.05, 0.1) is 12.2 Å². The summed E-state index contributed by atoms with van der Waals surface area (Å²) in [6, 6.07) is 6.18. The van der Waals surface area contributed by atoms with E-state index in [0.29, 0.717) is 0 Å². The molecule has 0 aliphatic heterocycles. The lowest BCUT2D eigenvalue weighted by Crippen LogP contribution is -2.36. The molecule has 0 bridgehead atoms. The number of carbonyl (C=O) groups excluding carboxylic acids is 1. The van der Waals surface area contributed by atoms with Gasteiger partial charge < -0.3 is 10.0 Å². The maximum atomic E-state index is 12.8. The van der Waals surface area contributed by atoms with E-state index in [2.05, 4.69) is 0 Å². The Kier molecular flexibility index (Phi) is 5.00. The molecule has 6 heteroatoms. The number of rotatable bonds is 7. The number of carboxylic acids is 1. The molecule has 20 heavy (non-hydrogen) atoms. The molecular weight excluding hydrogens is 281 g/mol. The molecule has 0 atom stereocenters. The number of thioether (sulfide) groups is 1. The maximum absolute atomic E-state index is 12.8. The monoisotopic (exact) mass is 297 g/mol. The zero-order chi connectivity index (χ0) is 14.5. The van der Waals surface area contributed by atoms with Crippen LogP contribution in [0.1, 0.15) is 19.3 Å². The molecular formula is C14H16FNO3S. The zero-order valence-corrected chi connectivity index (χ0v) is 11.7. The van der Waals surface area contributed by atoms with Crippen LogP contribution in [-0.2, 0) is 9.59 Å². The van der Waals surface area contributed by atoms with Gasteiger partial charge in [-0.25, -0.2) is 4.39 Å². The first-order valence-corrected chi connectivity index (χ1v) is 7.44. The molecule has 0 aromatic heterocycles. The van der Waals surface area contributed by atoms with Crippen LogP contribution in [0.4, 0.5) is 4.39 Å². The molecule has 108 valence electrons. The molecule has 1 amide bonds. The van der Waals surface area contributed by atoms with E-state index in [-0.39, 0.29) is 36.5 Å². The Labute approximate surface area is 121 Å². The Morgan fingerprint density at radius 2 is 1.95 bits per heavy atom. The van der Waals surface area contributed by atoms with Crippen LogP contribution >= 0.6 is 11.8 Å². The van der Waals surface area contributed by atoms with Gasteiger partial charge in [0.1, 0.15) is 5.82 Å². The molecule has 1 aliphatic rings. The van der Waals surface area contributed by atoms with Gasteiger partial charge >= 0.3 is 5.97 Å². The first kappa shape index (κ1) is 14.8. The number of amides is 1. The van der Waals surface area contributed by atoms with Gasteiger partial charge in [-0.3, -0.25) is 9.59 Å². The standard InChI is InChI=1S/C14H16FNO3S/c15-10-1-5-12(6-2-10)20-9-13(17)16(11-3-4-11)8-7-14(18)19/h1-2,5-6,11H,3-4,7-9H2,(H,18,19). The summed E-state index contributed by atoms with van der Waals surface area (Å²) in [6.07, 6.45) is 1.88. The molecule has 0 spiro atoms. The zero-order valence-electron chi connectivity index (χ0n) is 10.9. The molecule has 2 rings (SSSR count). The van der Waals surface area contributed by atoms with Crippen LogP contribution in [0.5, 0.6) is 0 Å². The fourth-order valence-corrected chi connectivity index (χ4v) is 2.66. The average Bonchev–Trinajstić information content (AvgIpc) is 3.22. The summed E-state index contributed by atoms with van der Waals surface area (Å²) in [5, 5.41) is 8.70. The molecule has 1 fully saturated rings. The smallest absolute Gasteiger partial charge is 0.305 e. The Morgan fingerprint density at radius 1 is 1.30 bits per heavy atom. The Balaban J connectivity index is 1.85. The van der Waals surface area contributed by atoms with E-state index in [9.17, 15) is 14.0 Å². The molecule has 1 aromatic rings. The van der Waals surface area contributed by atoms with E-state index in [4.69, 9.17) is 5.11 Å². The molecule has 1 saturated carbocycles. The molecule has 0 saturated heterocycles. The van der Waals surface area contributed by atoms with Gasteiger partial charge in [0.15, 0.2) is 0 Å². The highest BCUT2D eigenvalue weighted by Crippen LogP contribution is 2.28. The minimum atomic E-state index is -0.894. The largest absolute Gasteiger partial charge is 0.481 e. The maximum Gasteiger partial charge on any atom is 0.305 e. The second-order valence-corrected chi connectivity index (χ2v) is 5.75. The third-order valence-corrected chi connectivity index (χ3v) is 4.05. The molecule has 1 aromatic carbocycles. The van der Waals surface area contributed by atoms with E-state index in [0.717, 1.165) is 17.7 Å². The minimum absolute atomic E-state index is 0.0244. The number of carboxylic acid groups (broad SMARTS) is 1. The quantitative estimate of drug-likeness (QED) is 0.785. The normalized spacial score (nSPS) is 14.1. The van der Waals surface area contributed by atoms with Gasteiger partial charge in [-0.05, 0) is 37.1 Å². The van der Waals surface area contributed by atoms with Crippen molar-refractivity contribution in [3.8, 4) is 0 Å². The summed E-state index contributed by atoms with van der Waals surface area (Å²) >= 11 is 1.34.